The van der Waals surface area contributed by atoms with Crippen LogP contribution in [-0.2, 0) is 5.41 Å². The number of phenols is 1. The first-order valence-electron chi connectivity index (χ1n) is 9.11. The van der Waals surface area contributed by atoms with E-state index in [0.717, 1.165) is 17.8 Å². The van der Waals surface area contributed by atoms with Gasteiger partial charge in [0.15, 0.2) is 17.9 Å². The van der Waals surface area contributed by atoms with Crippen molar-refractivity contribution in [2.75, 3.05) is 0 Å². The number of benzene rings is 1. The van der Waals surface area contributed by atoms with Gasteiger partial charge in [-0.1, -0.05) is 6.07 Å². The van der Waals surface area contributed by atoms with Gasteiger partial charge in [-0.05, 0) is 35.9 Å². The van der Waals surface area contributed by atoms with Crippen LogP contribution < -0.4 is 17.0 Å². The van der Waals surface area contributed by atoms with Crippen LogP contribution in [0.4, 0.5) is 0 Å². The second kappa shape index (κ2) is 5.94. The number of aromatic nitrogens is 5. The molecule has 7 rings (SSSR count). The maximum absolute atomic E-state index is 10.2. The number of phenolic OH excluding ortho intramolecular Hbond substituents is 1. The molecule has 0 saturated heterocycles. The third kappa shape index (κ3) is 2.01. The number of nitrogens with one attached hydrogen (secondary N) is 2. The summed E-state index contributed by atoms with van der Waals surface area (Å²) in [7, 11) is 0. The van der Waals surface area contributed by atoms with Crippen molar-refractivity contribution in [3.05, 3.63) is 95.3 Å². The second-order valence-corrected chi connectivity index (χ2v) is 7.41. The fourth-order valence-electron chi connectivity index (χ4n) is 5.26. The Balaban J connectivity index is 0.00000171. The van der Waals surface area contributed by atoms with Crippen LogP contribution in [0.15, 0.2) is 67.1 Å². The number of H-pyrrole nitrogens is 2. The summed E-state index contributed by atoms with van der Waals surface area (Å²) < 4.78 is 2.37. The first-order chi connectivity index (χ1) is 13.3. The van der Waals surface area contributed by atoms with Crippen molar-refractivity contribution >= 4 is 0 Å². The van der Waals surface area contributed by atoms with Gasteiger partial charge in [0, 0.05) is 47.9 Å². The molecule has 3 aromatic heterocycles. The molecule has 2 aliphatic heterocycles. The van der Waals surface area contributed by atoms with Gasteiger partial charge in [0.1, 0.15) is 5.75 Å². The average molecular weight is 392 g/mol. The van der Waals surface area contributed by atoms with Crippen LogP contribution in [0.1, 0.15) is 46.6 Å². The van der Waals surface area contributed by atoms with E-state index in [1.165, 1.54) is 16.8 Å². The molecule has 6 nitrogen and oxygen atoms in total. The van der Waals surface area contributed by atoms with Gasteiger partial charge < -0.3 is 17.5 Å². The largest absolute Gasteiger partial charge is 1.00 e. The Hall–Kier alpha value is -3.12. The van der Waals surface area contributed by atoms with E-state index in [1.807, 2.05) is 6.07 Å². The zero-order chi connectivity index (χ0) is 18.0. The molecule has 4 aromatic rings. The molecule has 0 spiro atoms. The normalized spacial score (nSPS) is 20.9. The monoisotopic (exact) mass is 391 g/mol. The number of hydrogen-bond donors (Lipinski definition) is 3. The van der Waals surface area contributed by atoms with Crippen molar-refractivity contribution in [2.24, 2.45) is 0 Å². The smallest absolute Gasteiger partial charge is 0.190 e. The van der Waals surface area contributed by atoms with Gasteiger partial charge in [0.25, 0.3) is 0 Å². The molecule has 1 aliphatic carbocycles. The highest BCUT2D eigenvalue weighted by atomic mass is 35.5. The Morgan fingerprint density at radius 2 is 1.71 bits per heavy atom. The molecule has 2 atom stereocenters. The number of aromatic amines is 2. The molecule has 3 N–H and O–H groups in total. The third-order valence-electron chi connectivity index (χ3n) is 6.27. The van der Waals surface area contributed by atoms with Crippen molar-refractivity contribution in [3.63, 3.8) is 0 Å². The fourth-order valence-corrected chi connectivity index (χ4v) is 5.26. The minimum Gasteiger partial charge on any atom is -1.00 e. The highest BCUT2D eigenvalue weighted by Crippen LogP contribution is 2.58. The molecule has 3 aliphatic rings. The lowest BCUT2D eigenvalue weighted by atomic mass is 9.55. The lowest BCUT2D eigenvalue weighted by molar-refractivity contribution is -0.732. The minimum absolute atomic E-state index is 0. The molecule has 0 saturated carbocycles. The maximum atomic E-state index is 10.2. The van der Waals surface area contributed by atoms with Gasteiger partial charge in [-0.15, -0.1) is 0 Å². The molecule has 0 fully saturated rings. The molecule has 0 amide bonds. The topological polar surface area (TPSA) is 81.5 Å². The summed E-state index contributed by atoms with van der Waals surface area (Å²) in [5, 5.41) is 25.2. The van der Waals surface area contributed by atoms with Gasteiger partial charge >= 0.3 is 0 Å². The van der Waals surface area contributed by atoms with Gasteiger partial charge in [-0.3, -0.25) is 10.2 Å². The number of halogens is 1. The van der Waals surface area contributed by atoms with Crippen molar-refractivity contribution < 1.29 is 22.1 Å². The van der Waals surface area contributed by atoms with E-state index < -0.39 is 0 Å². The summed E-state index contributed by atoms with van der Waals surface area (Å²) >= 11 is 0. The van der Waals surface area contributed by atoms with Crippen LogP contribution in [-0.4, -0.2) is 25.5 Å². The van der Waals surface area contributed by atoms with Crippen LogP contribution in [0.3, 0.4) is 0 Å². The van der Waals surface area contributed by atoms with Crippen molar-refractivity contribution in [1.82, 2.24) is 20.4 Å². The summed E-state index contributed by atoms with van der Waals surface area (Å²) in [6.45, 7) is 0. The predicted octanol–water partition coefficient (Wildman–Crippen LogP) is -0.445. The summed E-state index contributed by atoms with van der Waals surface area (Å²) in [6, 6.07) is 16.4. The highest BCUT2D eigenvalue weighted by molar-refractivity contribution is 5.53. The molecule has 7 heteroatoms. The first-order valence-corrected chi connectivity index (χ1v) is 9.11. The average Bonchev–Trinajstić information content (AvgIpc) is 3.42. The highest BCUT2D eigenvalue weighted by Gasteiger charge is 2.60. The fraction of sp³-hybridized carbons (Fsp3) is 0.190. The molecule has 2 bridgehead atoms. The Kier molecular flexibility index (Phi) is 3.61. The number of pyridine rings is 1. The Morgan fingerprint density at radius 3 is 2.39 bits per heavy atom. The lowest BCUT2D eigenvalue weighted by Crippen LogP contribution is -3.00. The molecule has 28 heavy (non-hydrogen) atoms. The van der Waals surface area contributed by atoms with Crippen molar-refractivity contribution in [3.8, 4) is 5.75 Å². The zero-order valence-electron chi connectivity index (χ0n) is 14.9. The van der Waals surface area contributed by atoms with Crippen molar-refractivity contribution in [1.29, 1.82) is 0 Å². The van der Waals surface area contributed by atoms with E-state index in [9.17, 15) is 5.11 Å². The number of nitrogens with zero attached hydrogens (tertiary/aromatic N) is 3. The van der Waals surface area contributed by atoms with Crippen LogP contribution in [0, 0.1) is 0 Å². The molecule has 140 valence electrons. The Labute approximate surface area is 167 Å². The van der Waals surface area contributed by atoms with E-state index in [1.54, 1.807) is 18.5 Å². The van der Waals surface area contributed by atoms with E-state index in [-0.39, 0.29) is 29.8 Å². The molecule has 0 radical (unpaired) electrons. The quantitative estimate of drug-likeness (QED) is 0.405. The Morgan fingerprint density at radius 1 is 0.964 bits per heavy atom. The van der Waals surface area contributed by atoms with E-state index >= 15 is 0 Å². The molecular formula is C21H18ClN5O. The van der Waals surface area contributed by atoms with Crippen LogP contribution >= 0.6 is 0 Å². The van der Waals surface area contributed by atoms with Crippen LogP contribution in [0.25, 0.3) is 0 Å². The van der Waals surface area contributed by atoms with Gasteiger partial charge in [0.05, 0.1) is 11.3 Å². The number of fused-ring (bicyclic) bond motifs is 1. The number of rotatable bonds is 2. The number of hydrogen-bond acceptors (Lipinski definition) is 3. The standard InChI is InChI=1S/C21H17N5O.ClH/c27-13-4-5-14-15(11-13)20-16-3-1-2-10-26(16)17(14)12-21(20,18-6-8-22-24-18)19-7-9-23-25-19;/h1-11,17,20H,12H2,(H2-,22,23,24,25,27);1H. The predicted molar refractivity (Wildman–Crippen MR) is 97.3 cm³/mol. The van der Waals surface area contributed by atoms with Gasteiger partial charge in [-0.2, -0.15) is 14.8 Å². The summed E-state index contributed by atoms with van der Waals surface area (Å²) in [4.78, 5) is 0. The maximum Gasteiger partial charge on any atom is 0.190 e. The van der Waals surface area contributed by atoms with E-state index in [4.69, 9.17) is 0 Å². The van der Waals surface area contributed by atoms with E-state index in [0.29, 0.717) is 5.75 Å². The summed E-state index contributed by atoms with van der Waals surface area (Å²) in [5.74, 6) is 0.332. The van der Waals surface area contributed by atoms with Crippen molar-refractivity contribution in [2.45, 2.75) is 23.8 Å². The van der Waals surface area contributed by atoms with Crippen LogP contribution in [0.2, 0.25) is 0 Å². The molecule has 1 aromatic carbocycles. The second-order valence-electron chi connectivity index (χ2n) is 7.41. The third-order valence-corrected chi connectivity index (χ3v) is 6.27. The molecule has 5 heterocycles. The first kappa shape index (κ1) is 17.0. The van der Waals surface area contributed by atoms with Gasteiger partial charge in [-0.25, -0.2) is 0 Å². The summed E-state index contributed by atoms with van der Waals surface area (Å²) in [6.07, 6.45) is 6.66. The SMILES string of the molecule is Oc1ccc2c(c1)C1c3cccc[n+]3C2CC1(c1ccn[nH]1)c1ccn[nH]1.[Cl-]. The van der Waals surface area contributed by atoms with Gasteiger partial charge in [0.2, 0.25) is 0 Å². The molecular weight excluding hydrogens is 374 g/mol. The Bertz CT molecular complexity index is 1110. The summed E-state index contributed by atoms with van der Waals surface area (Å²) in [5.41, 5.74) is 5.45. The van der Waals surface area contributed by atoms with Crippen LogP contribution in [0.5, 0.6) is 5.75 Å². The zero-order valence-corrected chi connectivity index (χ0v) is 15.6. The van der Waals surface area contributed by atoms with E-state index in [2.05, 4.69) is 67.6 Å². The minimum atomic E-state index is -0.347. The number of aromatic hydroxyl groups is 1. The molecule has 2 unspecified atom stereocenters. The lowest BCUT2D eigenvalue weighted by Gasteiger charge is -2.48.